The third-order valence-electron chi connectivity index (χ3n) is 9.79. The van der Waals surface area contributed by atoms with Gasteiger partial charge >= 0.3 is 11.9 Å². The number of hydrogen-bond acceptors (Lipinski definition) is 6. The zero-order valence-electron chi connectivity index (χ0n) is 18.1. The Morgan fingerprint density at radius 1 is 1.20 bits per heavy atom. The first-order valence-corrected chi connectivity index (χ1v) is 11.4. The van der Waals surface area contributed by atoms with Crippen LogP contribution < -0.4 is 0 Å². The second-order valence-corrected chi connectivity index (χ2v) is 10.8. The monoisotopic (exact) mass is 416 g/mol. The van der Waals surface area contributed by atoms with Gasteiger partial charge in [0.05, 0.1) is 19.1 Å². The van der Waals surface area contributed by atoms with Crippen molar-refractivity contribution in [2.24, 2.45) is 34.5 Å². The average Bonchev–Trinajstić information content (AvgIpc) is 3.21. The van der Waals surface area contributed by atoms with Crippen LogP contribution in [0.1, 0.15) is 65.2 Å². The van der Waals surface area contributed by atoms with Crippen molar-refractivity contribution in [3.05, 3.63) is 11.6 Å². The van der Waals surface area contributed by atoms with Crippen LogP contribution in [0.3, 0.4) is 0 Å². The van der Waals surface area contributed by atoms with E-state index in [4.69, 9.17) is 9.47 Å². The molecule has 5 aliphatic rings. The van der Waals surface area contributed by atoms with Gasteiger partial charge in [-0.25, -0.2) is 0 Å². The standard InChI is InChI=1S/C24H32O6/c1-22-7-4-14(25)10-13(22)11-15(21(28)29-3)19-16-5-8-24(9-6-18(27)30-24)23(16,2)12-17(26)20(19)22/h10,15-17,19-20,26H,4-9,11-12H2,1-3H3/t15-,16+,17+,19?,20-,22-,23+,24+/m0/s1. The van der Waals surface area contributed by atoms with Gasteiger partial charge in [-0.1, -0.05) is 19.4 Å². The highest BCUT2D eigenvalue weighted by molar-refractivity contribution is 5.92. The number of ether oxygens (including phenoxy) is 2. The van der Waals surface area contributed by atoms with E-state index in [0.29, 0.717) is 38.5 Å². The van der Waals surface area contributed by atoms with E-state index in [1.54, 1.807) is 6.08 Å². The van der Waals surface area contributed by atoms with E-state index in [1.807, 2.05) is 0 Å². The summed E-state index contributed by atoms with van der Waals surface area (Å²) in [6.45, 7) is 4.33. The molecule has 164 valence electrons. The lowest BCUT2D eigenvalue weighted by Gasteiger charge is -2.62. The Balaban J connectivity index is 1.62. The molecule has 5 rings (SSSR count). The number of aliphatic hydroxyl groups excluding tert-OH is 1. The van der Waals surface area contributed by atoms with Crippen molar-refractivity contribution >= 4 is 17.7 Å². The van der Waals surface area contributed by atoms with E-state index >= 15 is 0 Å². The molecule has 0 aromatic carbocycles. The van der Waals surface area contributed by atoms with Gasteiger partial charge in [-0.3, -0.25) is 14.4 Å². The fourth-order valence-corrected chi connectivity index (χ4v) is 8.35. The van der Waals surface area contributed by atoms with Crippen molar-refractivity contribution in [2.45, 2.75) is 76.9 Å². The summed E-state index contributed by atoms with van der Waals surface area (Å²) in [5.74, 6) is -0.636. The lowest BCUT2D eigenvalue weighted by molar-refractivity contribution is -0.197. The van der Waals surface area contributed by atoms with E-state index < -0.39 is 11.7 Å². The lowest BCUT2D eigenvalue weighted by Crippen LogP contribution is -2.62. The quantitative estimate of drug-likeness (QED) is 0.661. The molecule has 0 amide bonds. The minimum absolute atomic E-state index is 0.0415. The first-order chi connectivity index (χ1) is 14.1. The number of methoxy groups -OCH3 is 1. The topological polar surface area (TPSA) is 89.9 Å². The number of ketones is 1. The summed E-state index contributed by atoms with van der Waals surface area (Å²) in [7, 11) is 1.42. The fraction of sp³-hybridized carbons (Fsp3) is 0.792. The molecule has 3 saturated carbocycles. The Hall–Kier alpha value is -1.69. The van der Waals surface area contributed by atoms with Crippen LogP contribution in [0.2, 0.25) is 0 Å². The summed E-state index contributed by atoms with van der Waals surface area (Å²) in [4.78, 5) is 37.2. The van der Waals surface area contributed by atoms with Gasteiger partial charge in [0.25, 0.3) is 0 Å². The molecule has 1 heterocycles. The largest absolute Gasteiger partial charge is 0.469 e. The van der Waals surface area contributed by atoms with Crippen molar-refractivity contribution in [3.63, 3.8) is 0 Å². The highest BCUT2D eigenvalue weighted by Crippen LogP contribution is 2.70. The third kappa shape index (κ3) is 2.43. The molecule has 1 unspecified atom stereocenters. The SMILES string of the molecule is COC(=O)[C@H]1CC2=CC(=O)CC[C@]2(C)[C@@H]2C1[C@H]1CC[C@@]3(CCC(=O)O3)[C@]1(C)C[C@H]2O. The molecule has 4 aliphatic carbocycles. The van der Waals surface area contributed by atoms with E-state index in [9.17, 15) is 19.5 Å². The number of aliphatic hydroxyl groups is 1. The summed E-state index contributed by atoms with van der Waals surface area (Å²) >= 11 is 0. The molecule has 8 atom stereocenters. The second kappa shape index (κ2) is 6.41. The van der Waals surface area contributed by atoms with E-state index in [1.165, 1.54) is 7.11 Å². The van der Waals surface area contributed by atoms with Crippen LogP contribution in [-0.4, -0.2) is 41.6 Å². The van der Waals surface area contributed by atoms with Crippen LogP contribution in [-0.2, 0) is 23.9 Å². The first-order valence-electron chi connectivity index (χ1n) is 11.4. The third-order valence-corrected chi connectivity index (χ3v) is 9.79. The summed E-state index contributed by atoms with van der Waals surface area (Å²) in [6.07, 6.45) is 6.21. The average molecular weight is 417 g/mol. The molecule has 0 aromatic rings. The molecule has 1 aliphatic heterocycles. The van der Waals surface area contributed by atoms with Crippen LogP contribution in [0, 0.1) is 34.5 Å². The summed E-state index contributed by atoms with van der Waals surface area (Å²) in [6, 6.07) is 0. The Morgan fingerprint density at radius 2 is 1.97 bits per heavy atom. The molecule has 1 saturated heterocycles. The molecule has 6 heteroatoms. The van der Waals surface area contributed by atoms with Gasteiger partial charge < -0.3 is 14.6 Å². The normalized spacial score (nSPS) is 49.7. The molecular formula is C24H32O6. The van der Waals surface area contributed by atoms with Crippen molar-refractivity contribution < 1.29 is 29.0 Å². The van der Waals surface area contributed by atoms with E-state index in [-0.39, 0.29) is 52.2 Å². The van der Waals surface area contributed by atoms with Crippen molar-refractivity contribution in [3.8, 4) is 0 Å². The zero-order chi connectivity index (χ0) is 21.5. The number of fused-ring (bicyclic) bond motifs is 6. The number of carbonyl (C=O) groups excluding carboxylic acids is 3. The molecule has 6 nitrogen and oxygen atoms in total. The van der Waals surface area contributed by atoms with Crippen LogP contribution >= 0.6 is 0 Å². The second-order valence-electron chi connectivity index (χ2n) is 10.8. The molecular weight excluding hydrogens is 384 g/mol. The highest BCUT2D eigenvalue weighted by atomic mass is 16.6. The molecule has 1 spiro atoms. The predicted octanol–water partition coefficient (Wildman–Crippen LogP) is 2.96. The minimum atomic E-state index is -0.611. The Kier molecular flexibility index (Phi) is 4.32. The smallest absolute Gasteiger partial charge is 0.309 e. The van der Waals surface area contributed by atoms with Gasteiger partial charge in [0, 0.05) is 18.3 Å². The van der Waals surface area contributed by atoms with Crippen molar-refractivity contribution in [1.29, 1.82) is 0 Å². The lowest BCUT2D eigenvalue weighted by atomic mass is 9.43. The van der Waals surface area contributed by atoms with E-state index in [2.05, 4.69) is 13.8 Å². The molecule has 1 N–H and O–H groups in total. The van der Waals surface area contributed by atoms with Gasteiger partial charge in [-0.2, -0.15) is 0 Å². The molecule has 0 aromatic heterocycles. The Labute approximate surface area is 177 Å². The summed E-state index contributed by atoms with van der Waals surface area (Å²) < 4.78 is 11.2. The van der Waals surface area contributed by atoms with Gasteiger partial charge in [0.15, 0.2) is 5.78 Å². The van der Waals surface area contributed by atoms with Gasteiger partial charge in [-0.05, 0) is 67.8 Å². The molecule has 0 bridgehead atoms. The first kappa shape index (κ1) is 20.2. The maximum absolute atomic E-state index is 12.9. The number of allylic oxidation sites excluding steroid dienone is 1. The Bertz CT molecular complexity index is 847. The molecule has 0 radical (unpaired) electrons. The Morgan fingerprint density at radius 3 is 2.63 bits per heavy atom. The number of esters is 2. The highest BCUT2D eigenvalue weighted by Gasteiger charge is 2.71. The van der Waals surface area contributed by atoms with Gasteiger partial charge in [0.2, 0.25) is 0 Å². The molecule has 4 fully saturated rings. The number of rotatable bonds is 1. The van der Waals surface area contributed by atoms with Gasteiger partial charge in [0.1, 0.15) is 5.60 Å². The van der Waals surface area contributed by atoms with Crippen LogP contribution in [0.25, 0.3) is 0 Å². The number of hydrogen-bond donors (Lipinski definition) is 1. The van der Waals surface area contributed by atoms with Crippen molar-refractivity contribution in [1.82, 2.24) is 0 Å². The maximum Gasteiger partial charge on any atom is 0.309 e. The fourth-order valence-electron chi connectivity index (χ4n) is 8.35. The predicted molar refractivity (Wildman–Crippen MR) is 107 cm³/mol. The molecule has 30 heavy (non-hydrogen) atoms. The summed E-state index contributed by atoms with van der Waals surface area (Å²) in [5.41, 5.74) is -0.168. The van der Waals surface area contributed by atoms with Crippen molar-refractivity contribution in [2.75, 3.05) is 7.11 Å². The zero-order valence-corrected chi connectivity index (χ0v) is 18.1. The van der Waals surface area contributed by atoms with Crippen LogP contribution in [0.4, 0.5) is 0 Å². The van der Waals surface area contributed by atoms with E-state index in [0.717, 1.165) is 18.4 Å². The minimum Gasteiger partial charge on any atom is -0.469 e. The van der Waals surface area contributed by atoms with Gasteiger partial charge in [-0.15, -0.1) is 0 Å². The van der Waals surface area contributed by atoms with Crippen LogP contribution in [0.15, 0.2) is 11.6 Å². The summed E-state index contributed by atoms with van der Waals surface area (Å²) in [5, 5.41) is 11.6. The van der Waals surface area contributed by atoms with Crippen LogP contribution in [0.5, 0.6) is 0 Å². The maximum atomic E-state index is 12.9. The number of carbonyl (C=O) groups is 3.